The lowest BCUT2D eigenvalue weighted by Crippen LogP contribution is -2.38. The minimum absolute atomic E-state index is 0.0249. The van der Waals surface area contributed by atoms with Crippen LogP contribution in [0.25, 0.3) is 22.0 Å². The zero-order valence-corrected chi connectivity index (χ0v) is 19.2. The molecule has 1 saturated heterocycles. The van der Waals surface area contributed by atoms with Crippen LogP contribution in [-0.4, -0.2) is 55.0 Å². The van der Waals surface area contributed by atoms with Crippen LogP contribution in [0.5, 0.6) is 0 Å². The van der Waals surface area contributed by atoms with Crippen molar-refractivity contribution in [1.29, 1.82) is 0 Å². The van der Waals surface area contributed by atoms with Gasteiger partial charge in [-0.25, -0.2) is 18.7 Å². The summed E-state index contributed by atoms with van der Waals surface area (Å²) in [6, 6.07) is 7.23. The van der Waals surface area contributed by atoms with Crippen molar-refractivity contribution in [3.63, 3.8) is 0 Å². The van der Waals surface area contributed by atoms with E-state index in [2.05, 4.69) is 30.5 Å². The normalized spacial score (nSPS) is 16.1. The molecule has 1 amide bonds. The summed E-state index contributed by atoms with van der Waals surface area (Å²) in [4.78, 5) is 25.9. The maximum atomic E-state index is 13.5. The molecular weight excluding hydrogens is 497 g/mol. The predicted molar refractivity (Wildman–Crippen MR) is 124 cm³/mol. The van der Waals surface area contributed by atoms with E-state index in [-0.39, 0.29) is 24.4 Å². The van der Waals surface area contributed by atoms with E-state index in [1.165, 1.54) is 0 Å². The van der Waals surface area contributed by atoms with Crippen LogP contribution in [0.1, 0.15) is 34.6 Å². The molecular formula is C24H20F5N7O. The summed E-state index contributed by atoms with van der Waals surface area (Å²) < 4.78 is 65.0. The molecule has 1 aromatic carbocycles. The van der Waals surface area contributed by atoms with Gasteiger partial charge in [0.2, 0.25) is 0 Å². The van der Waals surface area contributed by atoms with Crippen LogP contribution in [0.3, 0.4) is 0 Å². The lowest BCUT2D eigenvalue weighted by Gasteiger charge is -2.31. The number of alkyl halides is 5. The molecule has 4 aromatic rings. The van der Waals surface area contributed by atoms with E-state index in [0.717, 1.165) is 22.9 Å². The smallest absolute Gasteiger partial charge is 0.304 e. The van der Waals surface area contributed by atoms with E-state index in [0.29, 0.717) is 36.7 Å². The number of nitrogens with zero attached hydrogens (tertiary/aromatic N) is 5. The first kappa shape index (κ1) is 24.7. The third-order valence-electron chi connectivity index (χ3n) is 6.08. The summed E-state index contributed by atoms with van der Waals surface area (Å²) in [5, 5.41) is 9.68. The van der Waals surface area contributed by atoms with Gasteiger partial charge in [0, 0.05) is 55.8 Å². The Morgan fingerprint density at radius 2 is 1.81 bits per heavy atom. The Labute approximate surface area is 206 Å². The first-order valence-corrected chi connectivity index (χ1v) is 11.3. The molecule has 8 nitrogen and oxygen atoms in total. The highest BCUT2D eigenvalue weighted by molar-refractivity contribution is 6.11. The molecule has 5 rings (SSSR count). The van der Waals surface area contributed by atoms with Gasteiger partial charge in [-0.15, -0.1) is 0 Å². The molecule has 0 spiro atoms. The Bertz CT molecular complexity index is 1430. The van der Waals surface area contributed by atoms with Gasteiger partial charge in [0.15, 0.2) is 17.2 Å². The number of rotatable bonds is 5. The third-order valence-corrected chi connectivity index (χ3v) is 6.08. The summed E-state index contributed by atoms with van der Waals surface area (Å²) in [5.74, 6) is -3.44. The van der Waals surface area contributed by atoms with Crippen LogP contribution < -0.4 is 5.32 Å². The van der Waals surface area contributed by atoms with Crippen molar-refractivity contribution in [2.24, 2.45) is 0 Å². The summed E-state index contributed by atoms with van der Waals surface area (Å²) in [6.45, 7) is 1.10. The van der Waals surface area contributed by atoms with Gasteiger partial charge in [0.25, 0.3) is 11.8 Å². The number of hydrogen-bond acceptors (Lipinski definition) is 6. The van der Waals surface area contributed by atoms with Crippen molar-refractivity contribution in [3.8, 4) is 11.1 Å². The predicted octanol–water partition coefficient (Wildman–Crippen LogP) is 4.92. The maximum Gasteiger partial charge on any atom is 0.434 e. The second-order valence-electron chi connectivity index (χ2n) is 8.79. The van der Waals surface area contributed by atoms with E-state index < -0.39 is 23.7 Å². The zero-order chi connectivity index (χ0) is 26.2. The zero-order valence-electron chi connectivity index (χ0n) is 19.2. The number of piperidine rings is 1. The topological polar surface area (TPSA) is 99.7 Å². The van der Waals surface area contributed by atoms with Crippen molar-refractivity contribution in [3.05, 3.63) is 66.0 Å². The number of aromatic amines is 1. The second kappa shape index (κ2) is 9.47. The average Bonchev–Trinajstić information content (AvgIpc) is 3.29. The Balaban J connectivity index is 1.34. The van der Waals surface area contributed by atoms with E-state index in [9.17, 15) is 26.7 Å². The number of pyridine rings is 1. The molecule has 0 saturated carbocycles. The van der Waals surface area contributed by atoms with Gasteiger partial charge in [0.05, 0.1) is 17.9 Å². The molecule has 1 fully saturated rings. The van der Waals surface area contributed by atoms with Crippen molar-refractivity contribution in [2.75, 3.05) is 18.4 Å². The highest BCUT2D eigenvalue weighted by Crippen LogP contribution is 2.30. The Morgan fingerprint density at radius 1 is 1.03 bits per heavy atom. The van der Waals surface area contributed by atoms with Crippen LogP contribution in [0.4, 0.5) is 27.8 Å². The highest BCUT2D eigenvalue weighted by Gasteiger charge is 2.34. The SMILES string of the molecule is O=C(Nc1cnc(C(F)(F)F)cn1)c1n[nH]c2ccc(-c3cncc(CN4CCC(F)(F)CC4)c3)cc12. The molecule has 0 bridgehead atoms. The third kappa shape index (κ3) is 5.56. The van der Waals surface area contributed by atoms with Crippen molar-refractivity contribution in [1.82, 2.24) is 30.0 Å². The number of likely N-dealkylation sites (tertiary alicyclic amines) is 1. The first-order chi connectivity index (χ1) is 17.6. The number of fused-ring (bicyclic) bond motifs is 1. The number of anilines is 1. The van der Waals surface area contributed by atoms with E-state index in [4.69, 9.17) is 0 Å². The first-order valence-electron chi connectivity index (χ1n) is 11.3. The highest BCUT2D eigenvalue weighted by atomic mass is 19.4. The molecule has 1 aliphatic heterocycles. The quantitative estimate of drug-likeness (QED) is 0.365. The van der Waals surface area contributed by atoms with E-state index in [1.54, 1.807) is 24.5 Å². The summed E-state index contributed by atoms with van der Waals surface area (Å²) in [7, 11) is 0. The lowest BCUT2D eigenvalue weighted by molar-refractivity contribution is -0.141. The maximum absolute atomic E-state index is 13.5. The molecule has 2 N–H and O–H groups in total. The summed E-state index contributed by atoms with van der Waals surface area (Å²) >= 11 is 0. The minimum atomic E-state index is -4.64. The Kier molecular flexibility index (Phi) is 6.31. The second-order valence-corrected chi connectivity index (χ2v) is 8.79. The van der Waals surface area contributed by atoms with Crippen molar-refractivity contribution >= 4 is 22.6 Å². The molecule has 0 radical (unpaired) electrons. The van der Waals surface area contributed by atoms with Crippen LogP contribution in [-0.2, 0) is 12.7 Å². The number of aromatic nitrogens is 5. The number of H-pyrrole nitrogens is 1. The minimum Gasteiger partial charge on any atom is -0.304 e. The van der Waals surface area contributed by atoms with Crippen LogP contribution >= 0.6 is 0 Å². The number of nitrogens with one attached hydrogen (secondary N) is 2. The van der Waals surface area contributed by atoms with E-state index >= 15 is 0 Å². The van der Waals surface area contributed by atoms with E-state index in [1.807, 2.05) is 17.0 Å². The fraction of sp³-hybridized carbons (Fsp3) is 0.292. The fourth-order valence-electron chi connectivity index (χ4n) is 4.11. The summed E-state index contributed by atoms with van der Waals surface area (Å²) in [5.41, 5.74) is 1.81. The van der Waals surface area contributed by atoms with Gasteiger partial charge in [-0.3, -0.25) is 19.8 Å². The molecule has 4 heterocycles. The number of carbonyl (C=O) groups is 1. The van der Waals surface area contributed by atoms with Crippen LogP contribution in [0.15, 0.2) is 49.1 Å². The fourth-order valence-corrected chi connectivity index (χ4v) is 4.11. The molecule has 37 heavy (non-hydrogen) atoms. The molecule has 192 valence electrons. The van der Waals surface area contributed by atoms with Gasteiger partial charge in [-0.05, 0) is 29.3 Å². The molecule has 0 aliphatic carbocycles. The van der Waals surface area contributed by atoms with Crippen LogP contribution in [0, 0.1) is 0 Å². The van der Waals surface area contributed by atoms with Gasteiger partial charge >= 0.3 is 6.18 Å². The largest absolute Gasteiger partial charge is 0.434 e. The number of benzene rings is 1. The molecule has 1 aliphatic rings. The number of amides is 1. The van der Waals surface area contributed by atoms with Gasteiger partial charge in [0.1, 0.15) is 0 Å². The molecule has 3 aromatic heterocycles. The van der Waals surface area contributed by atoms with Crippen LogP contribution in [0.2, 0.25) is 0 Å². The van der Waals surface area contributed by atoms with Gasteiger partial charge in [-0.2, -0.15) is 18.3 Å². The monoisotopic (exact) mass is 517 g/mol. The number of hydrogen-bond donors (Lipinski definition) is 2. The lowest BCUT2D eigenvalue weighted by atomic mass is 10.0. The van der Waals surface area contributed by atoms with Crippen molar-refractivity contribution < 1.29 is 26.7 Å². The number of halogens is 5. The molecule has 0 atom stereocenters. The Morgan fingerprint density at radius 3 is 2.51 bits per heavy atom. The average molecular weight is 517 g/mol. The molecule has 13 heteroatoms. The van der Waals surface area contributed by atoms with Gasteiger partial charge < -0.3 is 5.32 Å². The standard InChI is InChI=1S/C24H20F5N7O/c25-23(26)3-5-36(6-4-23)13-14-7-16(10-30-9-14)15-1-2-18-17(8-15)21(35-34-18)22(37)33-20-12-31-19(11-32-20)24(27,28)29/h1-2,7-12H,3-6,13H2,(H,34,35)(H,32,33,37). The summed E-state index contributed by atoms with van der Waals surface area (Å²) in [6.07, 6.45) is -0.268. The van der Waals surface area contributed by atoms with Crippen molar-refractivity contribution in [2.45, 2.75) is 31.5 Å². The molecule has 0 unspecified atom stereocenters. The van der Waals surface area contributed by atoms with Gasteiger partial charge in [-0.1, -0.05) is 6.07 Å². The number of carbonyl (C=O) groups excluding carboxylic acids is 1. The Hall–Kier alpha value is -4.00.